The number of primary amides is 1. The predicted molar refractivity (Wildman–Crippen MR) is 44.9 cm³/mol. The molecule has 72 valence electrons. The summed E-state index contributed by atoms with van der Waals surface area (Å²) in [5.41, 5.74) is 3.97. The SMILES string of the molecule is CC(C)(c1ccco1)N(O)C(N)=O. The molecule has 0 aliphatic carbocycles. The Bertz CT molecular complexity index is 292. The van der Waals surface area contributed by atoms with Gasteiger partial charge in [0, 0.05) is 0 Å². The predicted octanol–water partition coefficient (Wildman–Crippen LogP) is 1.28. The van der Waals surface area contributed by atoms with Crippen LogP contribution in [-0.2, 0) is 5.54 Å². The van der Waals surface area contributed by atoms with E-state index in [-0.39, 0.29) is 0 Å². The van der Waals surface area contributed by atoms with E-state index in [1.165, 1.54) is 6.26 Å². The standard InChI is InChI=1S/C8H12N2O3/c1-8(2,10(12)7(9)11)6-4-3-5-13-6/h3-5,12H,1-2H3,(H2,9,11). The summed E-state index contributed by atoms with van der Waals surface area (Å²) < 4.78 is 5.06. The number of carbonyl (C=O) groups is 1. The van der Waals surface area contributed by atoms with Crippen molar-refractivity contribution in [1.29, 1.82) is 0 Å². The molecule has 0 atom stereocenters. The van der Waals surface area contributed by atoms with Gasteiger partial charge in [0.25, 0.3) is 0 Å². The Kier molecular flexibility index (Phi) is 2.29. The molecule has 0 aliphatic rings. The minimum Gasteiger partial charge on any atom is -0.467 e. The monoisotopic (exact) mass is 184 g/mol. The van der Waals surface area contributed by atoms with Crippen LogP contribution in [0.4, 0.5) is 4.79 Å². The van der Waals surface area contributed by atoms with Gasteiger partial charge in [-0.2, -0.15) is 5.06 Å². The van der Waals surface area contributed by atoms with Gasteiger partial charge in [-0.25, -0.2) is 4.79 Å². The number of carbonyl (C=O) groups excluding carboxylic acids is 1. The minimum atomic E-state index is -0.949. The van der Waals surface area contributed by atoms with E-state index in [0.717, 1.165) is 0 Å². The molecule has 0 aliphatic heterocycles. The fourth-order valence-electron chi connectivity index (χ4n) is 1.01. The molecule has 0 fully saturated rings. The van der Waals surface area contributed by atoms with Crippen molar-refractivity contribution in [3.8, 4) is 0 Å². The van der Waals surface area contributed by atoms with E-state index in [4.69, 9.17) is 10.2 Å². The molecule has 5 nitrogen and oxygen atoms in total. The van der Waals surface area contributed by atoms with Gasteiger partial charge in [0.2, 0.25) is 0 Å². The summed E-state index contributed by atoms with van der Waals surface area (Å²) in [7, 11) is 0. The van der Waals surface area contributed by atoms with Gasteiger partial charge in [0.1, 0.15) is 11.3 Å². The Labute approximate surface area is 75.7 Å². The maximum absolute atomic E-state index is 10.7. The molecule has 2 amide bonds. The highest BCUT2D eigenvalue weighted by Crippen LogP contribution is 2.26. The van der Waals surface area contributed by atoms with Crippen LogP contribution in [0.15, 0.2) is 22.8 Å². The summed E-state index contributed by atoms with van der Waals surface area (Å²) in [6.45, 7) is 3.24. The minimum absolute atomic E-state index is 0.436. The lowest BCUT2D eigenvalue weighted by Gasteiger charge is -2.29. The number of hydroxylamine groups is 2. The van der Waals surface area contributed by atoms with Crippen molar-refractivity contribution < 1.29 is 14.4 Å². The molecule has 0 aromatic carbocycles. The first kappa shape index (κ1) is 9.60. The van der Waals surface area contributed by atoms with Crippen LogP contribution in [0.5, 0.6) is 0 Å². The lowest BCUT2D eigenvalue weighted by atomic mass is 10.0. The highest BCUT2D eigenvalue weighted by Gasteiger charge is 2.33. The normalized spacial score (nSPS) is 11.3. The van der Waals surface area contributed by atoms with E-state index >= 15 is 0 Å². The van der Waals surface area contributed by atoms with Crippen LogP contribution >= 0.6 is 0 Å². The molecule has 0 saturated heterocycles. The number of rotatable bonds is 2. The molecule has 0 saturated carbocycles. The quantitative estimate of drug-likeness (QED) is 0.536. The van der Waals surface area contributed by atoms with Crippen LogP contribution in [0.1, 0.15) is 19.6 Å². The maximum Gasteiger partial charge on any atom is 0.339 e. The molecule has 3 N–H and O–H groups in total. The van der Waals surface area contributed by atoms with Crippen molar-refractivity contribution in [3.05, 3.63) is 24.2 Å². The van der Waals surface area contributed by atoms with Gasteiger partial charge in [-0.05, 0) is 26.0 Å². The van der Waals surface area contributed by atoms with Gasteiger partial charge in [-0.3, -0.25) is 5.21 Å². The molecule has 5 heteroatoms. The van der Waals surface area contributed by atoms with Gasteiger partial charge >= 0.3 is 6.03 Å². The van der Waals surface area contributed by atoms with Crippen molar-refractivity contribution in [1.82, 2.24) is 5.06 Å². The first-order valence-electron chi connectivity index (χ1n) is 3.79. The second-order valence-electron chi connectivity index (χ2n) is 3.19. The Balaban J connectivity index is 2.95. The number of nitrogens with two attached hydrogens (primary N) is 1. The van der Waals surface area contributed by atoms with Gasteiger partial charge in [0.15, 0.2) is 0 Å². The zero-order valence-corrected chi connectivity index (χ0v) is 7.52. The number of furan rings is 1. The van der Waals surface area contributed by atoms with Gasteiger partial charge in [-0.1, -0.05) is 0 Å². The zero-order chi connectivity index (χ0) is 10.1. The van der Waals surface area contributed by atoms with Crippen LogP contribution in [-0.4, -0.2) is 16.3 Å². The molecule has 0 unspecified atom stereocenters. The molecule has 1 rings (SSSR count). The van der Waals surface area contributed by atoms with E-state index in [0.29, 0.717) is 10.8 Å². The summed E-state index contributed by atoms with van der Waals surface area (Å²) in [5.74, 6) is 0.466. The van der Waals surface area contributed by atoms with Crippen LogP contribution in [0, 0.1) is 0 Å². The second-order valence-corrected chi connectivity index (χ2v) is 3.19. The van der Waals surface area contributed by atoms with Gasteiger partial charge < -0.3 is 10.2 Å². The highest BCUT2D eigenvalue weighted by atomic mass is 16.5. The first-order chi connectivity index (χ1) is 5.96. The topological polar surface area (TPSA) is 79.7 Å². The zero-order valence-electron chi connectivity index (χ0n) is 7.52. The van der Waals surface area contributed by atoms with E-state index in [2.05, 4.69) is 0 Å². The van der Waals surface area contributed by atoms with Crippen LogP contribution in [0.2, 0.25) is 0 Å². The second kappa shape index (κ2) is 3.10. The number of nitrogens with zero attached hydrogens (tertiary/aromatic N) is 1. The Hall–Kier alpha value is -1.49. The maximum atomic E-state index is 10.7. The Morgan fingerprint density at radius 1 is 1.69 bits per heavy atom. The molecule has 0 spiro atoms. The van der Waals surface area contributed by atoms with E-state index in [9.17, 15) is 10.0 Å². The van der Waals surface area contributed by atoms with Crippen LogP contribution in [0.3, 0.4) is 0 Å². The molecule has 13 heavy (non-hydrogen) atoms. The lowest BCUT2D eigenvalue weighted by molar-refractivity contribution is -0.121. The van der Waals surface area contributed by atoms with Crippen molar-refractivity contribution in [2.24, 2.45) is 5.73 Å². The molecule has 0 radical (unpaired) electrons. The summed E-state index contributed by atoms with van der Waals surface area (Å²) in [4.78, 5) is 10.7. The molecule has 1 aromatic heterocycles. The number of urea groups is 1. The molecule has 1 heterocycles. The fourth-order valence-corrected chi connectivity index (χ4v) is 1.01. The number of hydrogen-bond acceptors (Lipinski definition) is 3. The van der Waals surface area contributed by atoms with Crippen molar-refractivity contribution >= 4 is 6.03 Å². The van der Waals surface area contributed by atoms with Crippen LogP contribution < -0.4 is 5.73 Å². The molecular weight excluding hydrogens is 172 g/mol. The fraction of sp³-hybridized carbons (Fsp3) is 0.375. The summed E-state index contributed by atoms with van der Waals surface area (Å²) >= 11 is 0. The van der Waals surface area contributed by atoms with E-state index in [1.807, 2.05) is 0 Å². The van der Waals surface area contributed by atoms with Gasteiger partial charge in [0.05, 0.1) is 6.26 Å². The summed E-state index contributed by atoms with van der Waals surface area (Å²) in [5, 5.41) is 9.76. The first-order valence-corrected chi connectivity index (χ1v) is 3.79. The van der Waals surface area contributed by atoms with Gasteiger partial charge in [-0.15, -0.1) is 0 Å². The number of amides is 2. The van der Waals surface area contributed by atoms with Crippen molar-refractivity contribution in [2.75, 3.05) is 0 Å². The van der Waals surface area contributed by atoms with Crippen molar-refractivity contribution in [3.63, 3.8) is 0 Å². The smallest absolute Gasteiger partial charge is 0.339 e. The third-order valence-corrected chi connectivity index (χ3v) is 1.86. The average Bonchev–Trinajstić information content (AvgIpc) is 2.54. The summed E-state index contributed by atoms with van der Waals surface area (Å²) in [6.07, 6.45) is 1.46. The number of hydrogen-bond donors (Lipinski definition) is 2. The van der Waals surface area contributed by atoms with E-state index < -0.39 is 11.6 Å². The molecule has 1 aromatic rings. The lowest BCUT2D eigenvalue weighted by Crippen LogP contribution is -2.45. The summed E-state index contributed by atoms with van der Waals surface area (Å²) in [6, 6.07) is 2.42. The largest absolute Gasteiger partial charge is 0.467 e. The Morgan fingerprint density at radius 3 is 2.69 bits per heavy atom. The highest BCUT2D eigenvalue weighted by molar-refractivity contribution is 5.71. The van der Waals surface area contributed by atoms with Crippen molar-refractivity contribution in [2.45, 2.75) is 19.4 Å². The third-order valence-electron chi connectivity index (χ3n) is 1.86. The average molecular weight is 184 g/mol. The molecule has 0 bridgehead atoms. The van der Waals surface area contributed by atoms with E-state index in [1.54, 1.807) is 26.0 Å². The molecular formula is C8H12N2O3. The Morgan fingerprint density at radius 2 is 2.31 bits per heavy atom. The third kappa shape index (κ3) is 1.65. The van der Waals surface area contributed by atoms with Crippen LogP contribution in [0.25, 0.3) is 0 Å².